The molecule has 0 radical (unpaired) electrons. The molecule has 1 aliphatic heterocycles. The van der Waals surface area contributed by atoms with E-state index >= 15 is 0 Å². The fourth-order valence-electron chi connectivity index (χ4n) is 1.74. The molecular weight excluding hydrogens is 235 g/mol. The van der Waals surface area contributed by atoms with Gasteiger partial charge in [0.05, 0.1) is 7.11 Å². The average Bonchev–Trinajstić information content (AvgIpc) is 2.47. The first-order valence-electron chi connectivity index (χ1n) is 5.75. The van der Waals surface area contributed by atoms with Crippen molar-refractivity contribution in [2.45, 2.75) is 38.9 Å². The lowest BCUT2D eigenvalue weighted by Crippen LogP contribution is -2.41. The van der Waals surface area contributed by atoms with Crippen LogP contribution in [0, 0.1) is 0 Å². The van der Waals surface area contributed by atoms with Crippen LogP contribution >= 0.6 is 7.94 Å². The maximum atomic E-state index is 6.15. The molecule has 1 aromatic rings. The van der Waals surface area contributed by atoms with Crippen molar-refractivity contribution < 1.29 is 13.6 Å². The highest BCUT2D eigenvalue weighted by molar-refractivity contribution is 7.69. The minimum absolute atomic E-state index is 0.368. The molecule has 1 fully saturated rings. The fraction of sp³-hybridized carbons (Fsp3) is 0.538. The molecule has 0 unspecified atom stereocenters. The average molecular weight is 255 g/mol. The molecule has 1 heterocycles. The molecule has 1 aliphatic rings. The third-order valence-electron chi connectivity index (χ3n) is 3.46. The molecule has 0 bridgehead atoms. The van der Waals surface area contributed by atoms with Gasteiger partial charge in [-0.3, -0.25) is 0 Å². The SMILES string of the molecule is CO[P+]1(c2ccccc2)OC(C)(C)C(C)(C)O1. The van der Waals surface area contributed by atoms with E-state index in [1.807, 2.05) is 58.0 Å². The van der Waals surface area contributed by atoms with Crippen molar-refractivity contribution in [3.05, 3.63) is 30.3 Å². The summed E-state index contributed by atoms with van der Waals surface area (Å²) in [5, 5.41) is 0.987. The highest BCUT2D eigenvalue weighted by atomic mass is 31.2. The summed E-state index contributed by atoms with van der Waals surface area (Å²) in [5.74, 6) is 0. The Balaban J connectivity index is 2.43. The Bertz CT molecular complexity index is 384. The van der Waals surface area contributed by atoms with Gasteiger partial charge in [0.1, 0.15) is 11.2 Å². The summed E-state index contributed by atoms with van der Waals surface area (Å²) in [5.41, 5.74) is -0.737. The Hall–Kier alpha value is -0.470. The molecule has 0 N–H and O–H groups in total. The minimum atomic E-state index is -2.42. The Kier molecular flexibility index (Phi) is 3.07. The second-order valence-electron chi connectivity index (χ2n) is 5.22. The van der Waals surface area contributed by atoms with Gasteiger partial charge in [-0.1, -0.05) is 18.2 Å². The fourth-order valence-corrected chi connectivity index (χ4v) is 4.52. The monoisotopic (exact) mass is 255 g/mol. The van der Waals surface area contributed by atoms with Gasteiger partial charge in [0, 0.05) is 0 Å². The van der Waals surface area contributed by atoms with Gasteiger partial charge in [-0.2, -0.15) is 13.6 Å². The van der Waals surface area contributed by atoms with Gasteiger partial charge < -0.3 is 0 Å². The van der Waals surface area contributed by atoms with Gasteiger partial charge in [0.2, 0.25) is 0 Å². The molecule has 0 aromatic heterocycles. The van der Waals surface area contributed by atoms with Crippen LogP contribution in [0.5, 0.6) is 0 Å². The van der Waals surface area contributed by atoms with Crippen molar-refractivity contribution >= 4 is 13.2 Å². The van der Waals surface area contributed by atoms with Gasteiger partial charge >= 0.3 is 7.94 Å². The van der Waals surface area contributed by atoms with Gasteiger partial charge in [-0.05, 0) is 39.8 Å². The topological polar surface area (TPSA) is 27.7 Å². The number of hydrogen-bond acceptors (Lipinski definition) is 3. The van der Waals surface area contributed by atoms with E-state index in [-0.39, 0.29) is 11.2 Å². The Labute approximate surface area is 104 Å². The molecule has 17 heavy (non-hydrogen) atoms. The standard InChI is InChI=1S/C13H20O3P/c1-12(2)13(3,4)16-17(14-5,15-12)11-9-7-6-8-10-11/h6-10H,1-5H3/q+1. The zero-order valence-electron chi connectivity index (χ0n) is 11.1. The summed E-state index contributed by atoms with van der Waals surface area (Å²) < 4.78 is 17.9. The van der Waals surface area contributed by atoms with Crippen molar-refractivity contribution in [3.8, 4) is 0 Å². The molecule has 1 saturated heterocycles. The first-order valence-corrected chi connectivity index (χ1v) is 7.29. The zero-order chi connectivity index (χ0) is 12.7. The normalized spacial score (nSPS) is 24.8. The third-order valence-corrected chi connectivity index (χ3v) is 6.26. The lowest BCUT2D eigenvalue weighted by molar-refractivity contribution is 0.00578. The van der Waals surface area contributed by atoms with E-state index in [9.17, 15) is 0 Å². The number of hydrogen-bond donors (Lipinski definition) is 0. The van der Waals surface area contributed by atoms with E-state index in [1.54, 1.807) is 7.11 Å². The molecule has 0 aliphatic carbocycles. The lowest BCUT2D eigenvalue weighted by Gasteiger charge is -2.24. The van der Waals surface area contributed by atoms with Crippen LogP contribution in [-0.2, 0) is 13.6 Å². The molecule has 94 valence electrons. The van der Waals surface area contributed by atoms with E-state index in [1.165, 1.54) is 0 Å². The van der Waals surface area contributed by atoms with Crippen LogP contribution in [0.4, 0.5) is 0 Å². The summed E-state index contributed by atoms with van der Waals surface area (Å²) in [7, 11) is -0.772. The molecule has 0 saturated carbocycles. The van der Waals surface area contributed by atoms with Crippen molar-refractivity contribution in [1.82, 2.24) is 0 Å². The maximum absolute atomic E-state index is 6.15. The van der Waals surface area contributed by atoms with Crippen LogP contribution in [0.15, 0.2) is 30.3 Å². The second kappa shape index (κ2) is 4.03. The van der Waals surface area contributed by atoms with Crippen molar-refractivity contribution in [3.63, 3.8) is 0 Å². The molecular formula is C13H20O3P+. The van der Waals surface area contributed by atoms with Crippen LogP contribution in [0.1, 0.15) is 27.7 Å². The summed E-state index contributed by atoms with van der Waals surface area (Å²) in [6.07, 6.45) is 0. The van der Waals surface area contributed by atoms with Crippen molar-refractivity contribution in [1.29, 1.82) is 0 Å². The molecule has 0 amide bonds. The highest BCUT2D eigenvalue weighted by Crippen LogP contribution is 2.71. The predicted octanol–water partition coefficient (Wildman–Crippen LogP) is 3.32. The molecule has 0 spiro atoms. The largest absolute Gasteiger partial charge is 0.449 e. The van der Waals surface area contributed by atoms with Gasteiger partial charge in [0.25, 0.3) is 0 Å². The Morgan fingerprint density at radius 1 is 0.941 bits per heavy atom. The van der Waals surface area contributed by atoms with E-state index in [4.69, 9.17) is 13.6 Å². The minimum Gasteiger partial charge on any atom is -0.177 e. The van der Waals surface area contributed by atoms with Crippen LogP contribution in [-0.4, -0.2) is 18.3 Å². The molecule has 1 aromatic carbocycles. The smallest absolute Gasteiger partial charge is 0.177 e. The van der Waals surface area contributed by atoms with E-state index in [2.05, 4.69) is 0 Å². The molecule has 2 rings (SSSR count). The zero-order valence-corrected chi connectivity index (χ0v) is 12.0. The van der Waals surface area contributed by atoms with Crippen LogP contribution in [0.25, 0.3) is 0 Å². The summed E-state index contributed by atoms with van der Waals surface area (Å²) in [6, 6.07) is 9.91. The number of benzene rings is 1. The summed E-state index contributed by atoms with van der Waals surface area (Å²) in [6.45, 7) is 8.15. The first kappa shape index (κ1) is 13.0. The molecule has 4 heteroatoms. The quantitative estimate of drug-likeness (QED) is 0.759. The predicted molar refractivity (Wildman–Crippen MR) is 70.3 cm³/mol. The molecule has 3 nitrogen and oxygen atoms in total. The lowest BCUT2D eigenvalue weighted by atomic mass is 9.90. The highest BCUT2D eigenvalue weighted by Gasteiger charge is 2.67. The van der Waals surface area contributed by atoms with E-state index in [0.29, 0.717) is 0 Å². The van der Waals surface area contributed by atoms with Crippen molar-refractivity contribution in [2.24, 2.45) is 0 Å². The van der Waals surface area contributed by atoms with Crippen molar-refractivity contribution in [2.75, 3.05) is 7.11 Å². The van der Waals surface area contributed by atoms with Gasteiger partial charge in [-0.25, -0.2) is 0 Å². The first-order chi connectivity index (χ1) is 7.83. The Morgan fingerprint density at radius 2 is 1.41 bits per heavy atom. The summed E-state index contributed by atoms with van der Waals surface area (Å²) >= 11 is 0. The molecule has 0 atom stereocenters. The second-order valence-corrected chi connectivity index (χ2v) is 7.46. The van der Waals surface area contributed by atoms with Gasteiger partial charge in [-0.15, -0.1) is 0 Å². The van der Waals surface area contributed by atoms with E-state index in [0.717, 1.165) is 5.30 Å². The van der Waals surface area contributed by atoms with Gasteiger partial charge in [0.15, 0.2) is 5.30 Å². The maximum Gasteiger partial charge on any atom is 0.449 e. The van der Waals surface area contributed by atoms with Crippen LogP contribution in [0.3, 0.4) is 0 Å². The Morgan fingerprint density at radius 3 is 1.82 bits per heavy atom. The van der Waals surface area contributed by atoms with Crippen LogP contribution < -0.4 is 5.30 Å². The van der Waals surface area contributed by atoms with E-state index < -0.39 is 7.94 Å². The number of rotatable bonds is 2. The summed E-state index contributed by atoms with van der Waals surface area (Å²) in [4.78, 5) is 0. The third kappa shape index (κ3) is 2.02. The van der Waals surface area contributed by atoms with Crippen LogP contribution in [0.2, 0.25) is 0 Å².